The molecule has 23 heavy (non-hydrogen) atoms. The fourth-order valence-electron chi connectivity index (χ4n) is 1.85. The van der Waals surface area contributed by atoms with Gasteiger partial charge in [-0.05, 0) is 42.7 Å². The Morgan fingerprint density at radius 1 is 1.22 bits per heavy atom. The highest BCUT2D eigenvalue weighted by Crippen LogP contribution is 2.26. The average Bonchev–Trinajstić information content (AvgIpc) is 2.54. The van der Waals surface area contributed by atoms with Crippen LogP contribution >= 0.6 is 23.4 Å². The molecule has 0 fully saturated rings. The molecule has 0 aliphatic heterocycles. The van der Waals surface area contributed by atoms with Crippen LogP contribution in [-0.4, -0.2) is 27.8 Å². The number of rotatable bonds is 5. The van der Waals surface area contributed by atoms with Crippen LogP contribution in [0, 0.1) is 0 Å². The second-order valence-electron chi connectivity index (χ2n) is 4.47. The number of methoxy groups -OCH3 is 1. The summed E-state index contributed by atoms with van der Waals surface area (Å²) in [6.07, 6.45) is 1.89. The summed E-state index contributed by atoms with van der Waals surface area (Å²) < 4.78 is 32.1. The molecule has 0 aliphatic carbocycles. The van der Waals surface area contributed by atoms with E-state index in [-0.39, 0.29) is 15.5 Å². The van der Waals surface area contributed by atoms with Crippen LogP contribution in [0.15, 0.2) is 52.3 Å². The first kappa shape index (κ1) is 17.7. The fraction of sp³-hybridized carbons (Fsp3) is 0.133. The number of halogens is 1. The molecule has 1 N–H and O–H groups in total. The monoisotopic (exact) mass is 371 g/mol. The van der Waals surface area contributed by atoms with E-state index in [0.29, 0.717) is 5.69 Å². The molecule has 0 amide bonds. The van der Waals surface area contributed by atoms with Crippen molar-refractivity contribution >= 4 is 45.0 Å². The maximum Gasteiger partial charge on any atom is 0.337 e. The highest BCUT2D eigenvalue weighted by Gasteiger charge is 2.20. The number of benzene rings is 2. The number of hydrogen-bond acceptors (Lipinski definition) is 5. The van der Waals surface area contributed by atoms with E-state index in [1.807, 2.05) is 12.3 Å². The Labute approximate surface area is 144 Å². The molecule has 2 rings (SSSR count). The Kier molecular flexibility index (Phi) is 5.56. The number of ether oxygens (including phenoxy) is 1. The Balaban J connectivity index is 2.40. The van der Waals surface area contributed by atoms with Gasteiger partial charge >= 0.3 is 5.97 Å². The van der Waals surface area contributed by atoms with Crippen LogP contribution in [0.3, 0.4) is 0 Å². The van der Waals surface area contributed by atoms with Gasteiger partial charge in [-0.2, -0.15) is 0 Å². The maximum atomic E-state index is 12.5. The molecular formula is C15H14ClNO4S2. The molecule has 2 aromatic carbocycles. The van der Waals surface area contributed by atoms with Crippen LogP contribution in [0.1, 0.15) is 10.4 Å². The van der Waals surface area contributed by atoms with E-state index in [1.165, 1.54) is 37.1 Å². The number of esters is 1. The van der Waals surface area contributed by atoms with Crippen molar-refractivity contribution in [2.75, 3.05) is 18.1 Å². The Morgan fingerprint density at radius 2 is 1.96 bits per heavy atom. The number of hydrogen-bond donors (Lipinski definition) is 1. The maximum absolute atomic E-state index is 12.5. The summed E-state index contributed by atoms with van der Waals surface area (Å²) in [6, 6.07) is 10.9. The number of carbonyl (C=O) groups excluding carboxylic acids is 1. The van der Waals surface area contributed by atoms with Crippen molar-refractivity contribution in [3.8, 4) is 0 Å². The van der Waals surface area contributed by atoms with E-state index in [2.05, 4.69) is 9.46 Å². The molecule has 0 atom stereocenters. The highest BCUT2D eigenvalue weighted by atomic mass is 35.5. The molecule has 0 heterocycles. The number of nitrogens with one attached hydrogen (secondary N) is 1. The van der Waals surface area contributed by atoms with E-state index < -0.39 is 16.0 Å². The minimum Gasteiger partial charge on any atom is -0.465 e. The third-order valence-corrected chi connectivity index (χ3v) is 5.55. The smallest absolute Gasteiger partial charge is 0.337 e. The van der Waals surface area contributed by atoms with Gasteiger partial charge in [-0.25, -0.2) is 13.2 Å². The molecule has 5 nitrogen and oxygen atoms in total. The van der Waals surface area contributed by atoms with E-state index in [4.69, 9.17) is 11.6 Å². The summed E-state index contributed by atoms with van der Waals surface area (Å²) in [7, 11) is -2.71. The normalized spacial score (nSPS) is 11.1. The topological polar surface area (TPSA) is 72.5 Å². The predicted molar refractivity (Wildman–Crippen MR) is 91.8 cm³/mol. The summed E-state index contributed by atoms with van der Waals surface area (Å²) >= 11 is 7.47. The van der Waals surface area contributed by atoms with Crippen molar-refractivity contribution in [2.24, 2.45) is 0 Å². The summed E-state index contributed by atoms with van der Waals surface area (Å²) in [6.45, 7) is 0. The first-order valence-electron chi connectivity index (χ1n) is 6.42. The van der Waals surface area contributed by atoms with Crippen LogP contribution in [0.2, 0.25) is 5.02 Å². The van der Waals surface area contributed by atoms with Crippen molar-refractivity contribution < 1.29 is 17.9 Å². The second kappa shape index (κ2) is 7.25. The van der Waals surface area contributed by atoms with Gasteiger partial charge in [0.25, 0.3) is 10.0 Å². The minimum absolute atomic E-state index is 0.0196. The molecule has 0 spiro atoms. The van der Waals surface area contributed by atoms with Gasteiger partial charge in [0.1, 0.15) is 4.90 Å². The molecule has 122 valence electrons. The third kappa shape index (κ3) is 4.19. The predicted octanol–water partition coefficient (Wildman–Crippen LogP) is 3.65. The molecular weight excluding hydrogens is 358 g/mol. The lowest BCUT2D eigenvalue weighted by Crippen LogP contribution is -2.14. The van der Waals surface area contributed by atoms with Gasteiger partial charge in [0.2, 0.25) is 0 Å². The van der Waals surface area contributed by atoms with E-state index in [9.17, 15) is 13.2 Å². The Hall–Kier alpha value is -1.70. The molecule has 0 aromatic heterocycles. The number of sulfonamides is 1. The fourth-order valence-corrected chi connectivity index (χ4v) is 3.89. The molecule has 0 aliphatic rings. The zero-order valence-corrected chi connectivity index (χ0v) is 14.8. The van der Waals surface area contributed by atoms with Crippen LogP contribution in [-0.2, 0) is 14.8 Å². The SMILES string of the molecule is COC(=O)c1ccc(Cl)c(S(=O)(=O)Nc2cccc(SC)c2)c1. The first-order chi connectivity index (χ1) is 10.9. The molecule has 0 saturated heterocycles. The van der Waals surface area contributed by atoms with Crippen LogP contribution in [0.5, 0.6) is 0 Å². The quantitative estimate of drug-likeness (QED) is 0.641. The van der Waals surface area contributed by atoms with Crippen molar-refractivity contribution in [3.63, 3.8) is 0 Å². The van der Waals surface area contributed by atoms with Gasteiger partial charge in [0, 0.05) is 10.6 Å². The molecule has 2 aromatic rings. The molecule has 0 unspecified atom stereocenters. The summed E-state index contributed by atoms with van der Waals surface area (Å²) in [4.78, 5) is 12.3. The summed E-state index contributed by atoms with van der Waals surface area (Å²) in [5, 5.41) is 0.0196. The molecule has 0 saturated carbocycles. The molecule has 8 heteroatoms. The van der Waals surface area contributed by atoms with Gasteiger partial charge < -0.3 is 4.74 Å². The molecule has 0 bridgehead atoms. The zero-order valence-electron chi connectivity index (χ0n) is 12.4. The summed E-state index contributed by atoms with van der Waals surface area (Å²) in [5.74, 6) is -0.637. The lowest BCUT2D eigenvalue weighted by molar-refractivity contribution is 0.0600. The van der Waals surface area contributed by atoms with Crippen LogP contribution in [0.4, 0.5) is 5.69 Å². The van der Waals surface area contributed by atoms with Crippen molar-refractivity contribution in [3.05, 3.63) is 53.1 Å². The summed E-state index contributed by atoms with van der Waals surface area (Å²) in [5.41, 5.74) is 0.520. The Morgan fingerprint density at radius 3 is 2.61 bits per heavy atom. The van der Waals surface area contributed by atoms with Gasteiger partial charge in [-0.3, -0.25) is 4.72 Å². The van der Waals surface area contributed by atoms with Gasteiger partial charge in [-0.15, -0.1) is 11.8 Å². The lowest BCUT2D eigenvalue weighted by atomic mass is 10.2. The Bertz CT molecular complexity index is 837. The standard InChI is InChI=1S/C15H14ClNO4S2/c1-21-15(18)10-6-7-13(16)14(8-10)23(19,20)17-11-4-3-5-12(9-11)22-2/h3-9,17H,1-2H3. The average molecular weight is 372 g/mol. The van der Waals surface area contributed by atoms with Crippen molar-refractivity contribution in [1.29, 1.82) is 0 Å². The number of thioether (sulfide) groups is 1. The van der Waals surface area contributed by atoms with Crippen molar-refractivity contribution in [1.82, 2.24) is 0 Å². The van der Waals surface area contributed by atoms with Gasteiger partial charge in [-0.1, -0.05) is 17.7 Å². The van der Waals surface area contributed by atoms with E-state index in [1.54, 1.807) is 18.2 Å². The first-order valence-corrected chi connectivity index (χ1v) is 9.50. The van der Waals surface area contributed by atoms with E-state index in [0.717, 1.165) is 4.90 Å². The number of anilines is 1. The van der Waals surface area contributed by atoms with Crippen molar-refractivity contribution in [2.45, 2.75) is 9.79 Å². The third-order valence-electron chi connectivity index (χ3n) is 2.96. The minimum atomic E-state index is -3.93. The zero-order chi connectivity index (χ0) is 17.0. The van der Waals surface area contributed by atoms with Gasteiger partial charge in [0.05, 0.1) is 17.7 Å². The highest BCUT2D eigenvalue weighted by molar-refractivity contribution is 7.98. The molecule has 0 radical (unpaired) electrons. The lowest BCUT2D eigenvalue weighted by Gasteiger charge is -2.11. The number of carbonyl (C=O) groups is 1. The second-order valence-corrected chi connectivity index (χ2v) is 7.41. The van der Waals surface area contributed by atoms with Crippen LogP contribution < -0.4 is 4.72 Å². The van der Waals surface area contributed by atoms with Gasteiger partial charge in [0.15, 0.2) is 0 Å². The van der Waals surface area contributed by atoms with E-state index >= 15 is 0 Å². The largest absolute Gasteiger partial charge is 0.465 e. The van der Waals surface area contributed by atoms with Crippen LogP contribution in [0.25, 0.3) is 0 Å².